The topological polar surface area (TPSA) is 0 Å². The van der Waals surface area contributed by atoms with Crippen LogP contribution in [-0.4, -0.2) is 24.4 Å². The van der Waals surface area contributed by atoms with Gasteiger partial charge in [-0.05, 0) is 74.8 Å². The summed E-state index contributed by atoms with van der Waals surface area (Å²) in [5, 5.41) is 0. The molecule has 91 valence electrons. The van der Waals surface area contributed by atoms with Crippen LogP contribution in [0.2, 0.25) is 0 Å². The van der Waals surface area contributed by atoms with Crippen LogP contribution in [0.15, 0.2) is 68.1 Å². The Bertz CT molecular complexity index is 374. The normalized spacial score (nSPS) is 8.71. The molecule has 0 N–H and O–H groups in total. The molecule has 0 aromatic heterocycles. The third kappa shape index (κ3) is 6.97. The van der Waals surface area contributed by atoms with E-state index >= 15 is 0 Å². The van der Waals surface area contributed by atoms with Crippen LogP contribution in [-0.2, 0) is 50.5 Å². The summed E-state index contributed by atoms with van der Waals surface area (Å²) < 4.78 is 0. The Kier molecular flexibility index (Phi) is 9.94. The molecule has 0 saturated heterocycles. The Morgan fingerprint density at radius 2 is 0.647 bits per heavy atom. The minimum atomic E-state index is 0. The monoisotopic (exact) mass is 411 g/mol. The third-order valence-corrected chi connectivity index (χ3v) is 4.10. The van der Waals surface area contributed by atoms with E-state index in [9.17, 15) is 0 Å². The van der Waals surface area contributed by atoms with Crippen molar-refractivity contribution in [3.63, 3.8) is 0 Å². The van der Waals surface area contributed by atoms with E-state index in [1.807, 2.05) is 48.5 Å². The number of benzene rings is 2. The molecule has 0 aliphatic rings. The molecule has 0 saturated carbocycles. The summed E-state index contributed by atoms with van der Waals surface area (Å²) in [4.78, 5) is 4.35. The van der Waals surface area contributed by atoms with Crippen molar-refractivity contribution >= 4 is 74.9 Å². The van der Waals surface area contributed by atoms with E-state index in [0.717, 1.165) is 19.6 Å². The summed E-state index contributed by atoms with van der Waals surface area (Å²) >= 11 is 13.6. The molecule has 1 radical (unpaired) electrons. The molecule has 2 rings (SSSR count). The van der Waals surface area contributed by atoms with Gasteiger partial charge in [0, 0.05) is 0 Å². The zero-order chi connectivity index (χ0) is 12.0. The molecule has 0 heterocycles. The predicted octanol–water partition coefficient (Wildman–Crippen LogP) is -0.0614. The van der Waals surface area contributed by atoms with Gasteiger partial charge < -0.3 is 0 Å². The Labute approximate surface area is 142 Å². The van der Waals surface area contributed by atoms with E-state index in [2.05, 4.69) is 50.5 Å². The standard InChI is InChI=1S/2C6H6S2.Sb.2H/c2*7-5-3-1-2-4-6(5)8;;;/h2*1-4,7-8H;;;/p+4. The van der Waals surface area contributed by atoms with Gasteiger partial charge in [-0.2, -0.15) is 0 Å². The number of rotatable bonds is 0. The molecule has 0 fully saturated rings. The zero-order valence-electron chi connectivity index (χ0n) is 9.20. The summed E-state index contributed by atoms with van der Waals surface area (Å²) in [5.41, 5.74) is 0. The summed E-state index contributed by atoms with van der Waals surface area (Å²) in [5.74, 6) is 0. The molecular weight excluding hydrogens is 394 g/mol. The van der Waals surface area contributed by atoms with Crippen LogP contribution in [0.25, 0.3) is 0 Å². The molecular formula is C12H18S4Sb+4. The van der Waals surface area contributed by atoms with Gasteiger partial charge in [-0.1, -0.05) is 24.3 Å². The molecule has 0 nitrogen and oxygen atoms in total. The molecule has 0 aliphatic carbocycles. The van der Waals surface area contributed by atoms with Crippen LogP contribution in [0.3, 0.4) is 0 Å². The van der Waals surface area contributed by atoms with Crippen molar-refractivity contribution in [3.05, 3.63) is 48.5 Å². The first-order valence-electron chi connectivity index (χ1n) is 4.65. The minimum absolute atomic E-state index is 0. The molecule has 0 amide bonds. The average Bonchev–Trinajstić information content (AvgIpc) is 2.28. The molecule has 17 heavy (non-hydrogen) atoms. The van der Waals surface area contributed by atoms with E-state index in [1.165, 1.54) is 0 Å². The van der Waals surface area contributed by atoms with Crippen molar-refractivity contribution < 1.29 is 0 Å². The Morgan fingerprint density at radius 3 is 0.765 bits per heavy atom. The van der Waals surface area contributed by atoms with Crippen LogP contribution in [0.1, 0.15) is 0 Å². The van der Waals surface area contributed by atoms with Crippen molar-refractivity contribution in [3.8, 4) is 0 Å². The molecule has 2 aromatic carbocycles. The second-order valence-corrected chi connectivity index (χ2v) is 5.25. The first-order chi connectivity index (χ1) is 7.61. The van der Waals surface area contributed by atoms with Crippen molar-refractivity contribution in [2.75, 3.05) is 0 Å². The van der Waals surface area contributed by atoms with Gasteiger partial charge in [-0.15, -0.1) is 0 Å². The van der Waals surface area contributed by atoms with Gasteiger partial charge in [0.1, 0.15) is 0 Å². The van der Waals surface area contributed by atoms with Gasteiger partial charge in [-0.25, -0.2) is 0 Å². The Morgan fingerprint density at radius 1 is 0.471 bits per heavy atom. The van der Waals surface area contributed by atoms with Gasteiger partial charge in [-0.3, -0.25) is 0 Å². The summed E-state index contributed by atoms with van der Waals surface area (Å²) in [6.07, 6.45) is 0. The molecule has 2 aromatic rings. The Balaban J connectivity index is 0.000000284. The molecule has 5 heteroatoms. The van der Waals surface area contributed by atoms with Crippen molar-refractivity contribution in [1.29, 1.82) is 0 Å². The van der Waals surface area contributed by atoms with Gasteiger partial charge >= 0.3 is 24.4 Å². The fourth-order valence-electron chi connectivity index (χ4n) is 0.966. The SMILES string of the molecule is [SH2+]c1ccccc1[SH2+].[SH2+]c1ccccc1[SH2+].[SbH2]. The first-order valence-corrected chi connectivity index (χ1v) is 6.65. The van der Waals surface area contributed by atoms with Gasteiger partial charge in [0.25, 0.3) is 0 Å². The molecule has 0 unspecified atom stereocenters. The second kappa shape index (κ2) is 9.57. The third-order valence-electron chi connectivity index (χ3n) is 1.85. The second-order valence-electron chi connectivity index (χ2n) is 3.09. The van der Waals surface area contributed by atoms with Gasteiger partial charge in [0.2, 0.25) is 19.6 Å². The van der Waals surface area contributed by atoms with E-state index in [1.54, 1.807) is 0 Å². The summed E-state index contributed by atoms with van der Waals surface area (Å²) in [6, 6.07) is 15.9. The molecule has 0 aliphatic heterocycles. The number of hydrogen-bond acceptors (Lipinski definition) is 0. The fraction of sp³-hybridized carbons (Fsp3) is 0. The van der Waals surface area contributed by atoms with Gasteiger partial charge in [0.05, 0.1) is 0 Å². The average molecular weight is 412 g/mol. The van der Waals surface area contributed by atoms with E-state index in [-0.39, 0.29) is 24.4 Å². The molecule has 0 bridgehead atoms. The number of hydrogen-bond donors (Lipinski definition) is 0. The summed E-state index contributed by atoms with van der Waals surface area (Å²) in [7, 11) is 0. The van der Waals surface area contributed by atoms with Gasteiger partial charge in [0.15, 0.2) is 0 Å². The first kappa shape index (κ1) is 17.7. The zero-order valence-corrected chi connectivity index (χ0v) is 16.5. The van der Waals surface area contributed by atoms with Crippen molar-refractivity contribution in [2.24, 2.45) is 0 Å². The fourth-order valence-corrected chi connectivity index (χ4v) is 1.68. The quantitative estimate of drug-likeness (QED) is 0.420. The summed E-state index contributed by atoms with van der Waals surface area (Å²) in [6.45, 7) is 0. The van der Waals surface area contributed by atoms with Crippen LogP contribution in [0, 0.1) is 0 Å². The maximum atomic E-state index is 3.39. The maximum absolute atomic E-state index is 3.39. The molecule has 0 atom stereocenters. The van der Waals surface area contributed by atoms with Crippen molar-refractivity contribution in [1.82, 2.24) is 0 Å². The van der Waals surface area contributed by atoms with Crippen LogP contribution in [0.5, 0.6) is 0 Å². The van der Waals surface area contributed by atoms with E-state index in [0.29, 0.717) is 0 Å². The van der Waals surface area contributed by atoms with E-state index < -0.39 is 0 Å². The predicted molar refractivity (Wildman–Crippen MR) is 95.1 cm³/mol. The van der Waals surface area contributed by atoms with Crippen LogP contribution < -0.4 is 0 Å². The van der Waals surface area contributed by atoms with E-state index in [4.69, 9.17) is 0 Å². The van der Waals surface area contributed by atoms with Crippen LogP contribution in [0.4, 0.5) is 0 Å². The van der Waals surface area contributed by atoms with Crippen molar-refractivity contribution in [2.45, 2.75) is 19.6 Å². The Hall–Kier alpha value is 0.658. The van der Waals surface area contributed by atoms with Crippen LogP contribution >= 0.6 is 0 Å². The molecule has 0 spiro atoms.